The molecule has 0 fully saturated rings. The molecule has 0 aliphatic heterocycles. The zero-order valence-corrected chi connectivity index (χ0v) is 19.3. The highest BCUT2D eigenvalue weighted by atomic mass is 35.5. The first-order chi connectivity index (χ1) is 15.5. The summed E-state index contributed by atoms with van der Waals surface area (Å²) in [6, 6.07) is 19.1. The summed E-state index contributed by atoms with van der Waals surface area (Å²) >= 11 is 17.2. The Morgan fingerprint density at radius 2 is 1.84 bits per heavy atom. The monoisotopic (exact) mass is 487 g/mol. The zero-order chi connectivity index (χ0) is 22.9. The van der Waals surface area contributed by atoms with Crippen molar-refractivity contribution in [2.45, 2.75) is 6.92 Å². The maximum atomic E-state index is 12.5. The average molecular weight is 488 g/mol. The van der Waals surface area contributed by atoms with Crippen molar-refractivity contribution < 1.29 is 14.3 Å². The number of hydrogen-bond acceptors (Lipinski definition) is 5. The van der Waals surface area contributed by atoms with Crippen LogP contribution in [0.15, 0.2) is 71.8 Å². The quantitative estimate of drug-likeness (QED) is 0.141. The predicted octanol–water partition coefficient (Wildman–Crippen LogP) is 5.93. The van der Waals surface area contributed by atoms with Crippen LogP contribution in [0.25, 0.3) is 0 Å². The molecule has 0 atom stereocenters. The van der Waals surface area contributed by atoms with E-state index in [0.29, 0.717) is 28.1 Å². The number of hydrogen-bond donors (Lipinski definition) is 2. The molecule has 0 aliphatic rings. The second kappa shape index (κ2) is 11.5. The Bertz CT molecular complexity index is 1140. The summed E-state index contributed by atoms with van der Waals surface area (Å²) < 4.78 is 11.1. The summed E-state index contributed by atoms with van der Waals surface area (Å²) in [5.74, 6) is 0.0298. The van der Waals surface area contributed by atoms with E-state index < -0.39 is 5.97 Å². The summed E-state index contributed by atoms with van der Waals surface area (Å²) in [5, 5.41) is 8.13. The van der Waals surface area contributed by atoms with Gasteiger partial charge in [-0.15, -0.1) is 0 Å². The van der Waals surface area contributed by atoms with Gasteiger partial charge in [-0.05, 0) is 73.2 Å². The minimum absolute atomic E-state index is 0.202. The van der Waals surface area contributed by atoms with E-state index in [1.165, 1.54) is 12.1 Å². The third kappa shape index (κ3) is 6.68. The van der Waals surface area contributed by atoms with Crippen molar-refractivity contribution in [2.24, 2.45) is 5.10 Å². The molecule has 9 heteroatoms. The van der Waals surface area contributed by atoms with Crippen molar-refractivity contribution in [1.29, 1.82) is 0 Å². The Hall–Kier alpha value is -3.13. The number of rotatable bonds is 7. The van der Waals surface area contributed by atoms with Gasteiger partial charge in [-0.2, -0.15) is 5.10 Å². The van der Waals surface area contributed by atoms with E-state index in [4.69, 9.17) is 44.9 Å². The number of thiocarbonyl (C=S) groups is 1. The van der Waals surface area contributed by atoms with Crippen molar-refractivity contribution >= 4 is 58.4 Å². The predicted molar refractivity (Wildman–Crippen MR) is 132 cm³/mol. The molecule has 164 valence electrons. The smallest absolute Gasteiger partial charge is 0.345 e. The van der Waals surface area contributed by atoms with Crippen LogP contribution in [-0.4, -0.2) is 23.9 Å². The van der Waals surface area contributed by atoms with Crippen LogP contribution < -0.4 is 20.2 Å². The highest BCUT2D eigenvalue weighted by Gasteiger charge is 2.16. The van der Waals surface area contributed by atoms with Crippen LogP contribution in [0.2, 0.25) is 10.0 Å². The number of nitrogens with zero attached hydrogens (tertiary/aromatic N) is 1. The van der Waals surface area contributed by atoms with Gasteiger partial charge in [0.15, 0.2) is 16.6 Å². The fourth-order valence-electron chi connectivity index (χ4n) is 2.61. The van der Waals surface area contributed by atoms with Crippen LogP contribution >= 0.6 is 35.4 Å². The minimum atomic E-state index is -0.618. The van der Waals surface area contributed by atoms with Crippen molar-refractivity contribution in [3.63, 3.8) is 0 Å². The van der Waals surface area contributed by atoms with Crippen LogP contribution in [0, 0.1) is 0 Å². The number of nitrogens with one attached hydrogen (secondary N) is 2. The van der Waals surface area contributed by atoms with Gasteiger partial charge in [0.2, 0.25) is 0 Å². The molecule has 3 aromatic carbocycles. The highest BCUT2D eigenvalue weighted by Crippen LogP contribution is 2.30. The van der Waals surface area contributed by atoms with E-state index in [-0.39, 0.29) is 16.3 Å². The first-order valence-electron chi connectivity index (χ1n) is 9.55. The lowest BCUT2D eigenvalue weighted by molar-refractivity contribution is 0.0728. The molecule has 0 saturated heterocycles. The summed E-state index contributed by atoms with van der Waals surface area (Å²) in [6.07, 6.45) is 1.57. The van der Waals surface area contributed by atoms with E-state index in [1.807, 2.05) is 37.3 Å². The molecule has 2 N–H and O–H groups in total. The fraction of sp³-hybridized carbons (Fsp3) is 0.0870. The molecule has 0 aromatic heterocycles. The van der Waals surface area contributed by atoms with E-state index >= 15 is 0 Å². The van der Waals surface area contributed by atoms with Gasteiger partial charge in [0.05, 0.1) is 23.4 Å². The van der Waals surface area contributed by atoms with Crippen molar-refractivity contribution in [3.8, 4) is 11.5 Å². The van der Waals surface area contributed by atoms with E-state index in [0.717, 1.165) is 5.69 Å². The van der Waals surface area contributed by atoms with Crippen molar-refractivity contribution in [1.82, 2.24) is 5.43 Å². The average Bonchev–Trinajstić information content (AvgIpc) is 2.76. The number of benzene rings is 3. The Balaban J connectivity index is 1.67. The van der Waals surface area contributed by atoms with Gasteiger partial charge < -0.3 is 14.8 Å². The molecule has 3 aromatic rings. The Kier molecular flexibility index (Phi) is 8.44. The van der Waals surface area contributed by atoms with E-state index in [1.54, 1.807) is 30.5 Å². The molecule has 6 nitrogen and oxygen atoms in total. The number of carbonyl (C=O) groups excluding carboxylic acids is 1. The van der Waals surface area contributed by atoms with Gasteiger partial charge in [0.1, 0.15) is 0 Å². The molecule has 3 rings (SSSR count). The largest absolute Gasteiger partial charge is 0.490 e. The molecule has 0 aliphatic carbocycles. The third-order valence-electron chi connectivity index (χ3n) is 4.03. The number of anilines is 1. The fourth-order valence-corrected chi connectivity index (χ4v) is 3.27. The zero-order valence-electron chi connectivity index (χ0n) is 17.0. The van der Waals surface area contributed by atoms with Gasteiger partial charge >= 0.3 is 5.97 Å². The summed E-state index contributed by atoms with van der Waals surface area (Å²) in [4.78, 5) is 12.5. The number of esters is 1. The van der Waals surface area contributed by atoms with Gasteiger partial charge in [0.25, 0.3) is 0 Å². The second-order valence-corrected chi connectivity index (χ2v) is 7.59. The summed E-state index contributed by atoms with van der Waals surface area (Å²) in [5.41, 5.74) is 4.52. The first kappa shape index (κ1) is 23.5. The van der Waals surface area contributed by atoms with Crippen LogP contribution in [0.5, 0.6) is 11.5 Å². The number of halogens is 2. The molecule has 0 spiro atoms. The van der Waals surface area contributed by atoms with Crippen molar-refractivity contribution in [2.75, 3.05) is 11.9 Å². The molecule has 0 radical (unpaired) electrons. The third-order valence-corrected chi connectivity index (χ3v) is 4.77. The molecular formula is C23H19Cl2N3O3S. The number of ether oxygens (including phenoxy) is 2. The SMILES string of the molecule is CCOc1cc(C=NNC(=S)Nc2ccccc2)ccc1OC(=O)c1ccc(Cl)cc1Cl. The second-order valence-electron chi connectivity index (χ2n) is 6.34. The topological polar surface area (TPSA) is 71.9 Å². The van der Waals surface area contributed by atoms with Crippen molar-refractivity contribution in [3.05, 3.63) is 87.9 Å². The lowest BCUT2D eigenvalue weighted by atomic mass is 10.2. The summed E-state index contributed by atoms with van der Waals surface area (Å²) in [7, 11) is 0. The summed E-state index contributed by atoms with van der Waals surface area (Å²) in [6.45, 7) is 2.22. The normalized spacial score (nSPS) is 10.6. The number of para-hydroxylation sites is 1. The maximum absolute atomic E-state index is 12.5. The molecule has 0 amide bonds. The van der Waals surface area contributed by atoms with Crippen LogP contribution in [0.4, 0.5) is 5.69 Å². The number of carbonyl (C=O) groups is 1. The highest BCUT2D eigenvalue weighted by molar-refractivity contribution is 7.80. The Morgan fingerprint density at radius 1 is 1.06 bits per heavy atom. The van der Waals surface area contributed by atoms with E-state index in [9.17, 15) is 4.79 Å². The van der Waals surface area contributed by atoms with Gasteiger partial charge in [-0.1, -0.05) is 41.4 Å². The first-order valence-corrected chi connectivity index (χ1v) is 10.7. The molecule has 32 heavy (non-hydrogen) atoms. The van der Waals surface area contributed by atoms with E-state index in [2.05, 4.69) is 15.8 Å². The lowest BCUT2D eigenvalue weighted by Crippen LogP contribution is -2.23. The molecule has 0 bridgehead atoms. The Labute approximate surface area is 201 Å². The van der Waals surface area contributed by atoms with Crippen LogP contribution in [0.1, 0.15) is 22.8 Å². The van der Waals surface area contributed by atoms with Gasteiger partial charge in [0, 0.05) is 10.7 Å². The standard InChI is InChI=1S/C23H19Cl2N3O3S/c1-2-30-21-12-15(14-26-28-23(32)27-17-6-4-3-5-7-17)8-11-20(21)31-22(29)18-10-9-16(24)13-19(18)25/h3-14H,2H2,1H3,(H2,27,28,32). The lowest BCUT2D eigenvalue weighted by Gasteiger charge is -2.12. The molecule has 0 heterocycles. The molecular weight excluding hydrogens is 469 g/mol. The van der Waals surface area contributed by atoms with Gasteiger partial charge in [-0.25, -0.2) is 4.79 Å². The Morgan fingerprint density at radius 3 is 2.56 bits per heavy atom. The molecule has 0 unspecified atom stereocenters. The minimum Gasteiger partial charge on any atom is -0.490 e. The maximum Gasteiger partial charge on any atom is 0.345 e. The molecule has 0 saturated carbocycles. The number of hydrazone groups is 1. The van der Waals surface area contributed by atoms with Crippen LogP contribution in [-0.2, 0) is 0 Å². The van der Waals surface area contributed by atoms with Gasteiger partial charge in [-0.3, -0.25) is 5.43 Å². The van der Waals surface area contributed by atoms with Crippen LogP contribution in [0.3, 0.4) is 0 Å².